The molecule has 1 aliphatic rings. The van der Waals surface area contributed by atoms with Gasteiger partial charge >= 0.3 is 0 Å². The Morgan fingerprint density at radius 2 is 1.80 bits per heavy atom. The third kappa shape index (κ3) is 2.82. The Bertz CT molecular complexity index is 291. The highest BCUT2D eigenvalue weighted by molar-refractivity contribution is 9.09. The van der Waals surface area contributed by atoms with E-state index in [4.69, 9.17) is 4.74 Å². The summed E-state index contributed by atoms with van der Waals surface area (Å²) in [7, 11) is 0. The Balaban J connectivity index is 1.92. The maximum Gasteiger partial charge on any atom is 0.0783 e. The molecule has 1 fully saturated rings. The smallest absolute Gasteiger partial charge is 0.0783 e. The molecule has 0 heterocycles. The molecule has 0 aliphatic heterocycles. The van der Waals surface area contributed by atoms with Crippen LogP contribution < -0.4 is 0 Å². The first-order valence-corrected chi connectivity index (χ1v) is 6.71. The largest absolute Gasteiger partial charge is 0.369 e. The van der Waals surface area contributed by atoms with Crippen molar-refractivity contribution in [3.8, 4) is 0 Å². The molecule has 1 aromatic rings. The molecule has 2 rings (SSSR count). The lowest BCUT2D eigenvalue weighted by molar-refractivity contribution is -0.0330. The molecule has 0 unspecified atom stereocenters. The van der Waals surface area contributed by atoms with Crippen LogP contribution in [0, 0.1) is 0 Å². The minimum absolute atomic E-state index is 0.107. The minimum atomic E-state index is 0.107. The number of alkyl halides is 1. The van der Waals surface area contributed by atoms with Gasteiger partial charge in [-0.3, -0.25) is 0 Å². The molecule has 1 saturated carbocycles. The van der Waals surface area contributed by atoms with Gasteiger partial charge in [0.2, 0.25) is 0 Å². The van der Waals surface area contributed by atoms with Crippen molar-refractivity contribution in [2.24, 2.45) is 0 Å². The van der Waals surface area contributed by atoms with Crippen LogP contribution in [0.5, 0.6) is 0 Å². The Morgan fingerprint density at radius 1 is 1.13 bits per heavy atom. The average Bonchev–Trinajstić information content (AvgIpc) is 2.77. The van der Waals surface area contributed by atoms with E-state index < -0.39 is 0 Å². The Labute approximate surface area is 100.0 Å². The lowest BCUT2D eigenvalue weighted by Gasteiger charge is -2.27. The van der Waals surface area contributed by atoms with Crippen LogP contribution in [0.4, 0.5) is 0 Å². The van der Waals surface area contributed by atoms with Crippen molar-refractivity contribution in [1.29, 1.82) is 0 Å². The molecule has 0 atom stereocenters. The number of benzene rings is 1. The Morgan fingerprint density at radius 3 is 2.40 bits per heavy atom. The van der Waals surface area contributed by atoms with Crippen LogP contribution in [0.1, 0.15) is 31.2 Å². The van der Waals surface area contributed by atoms with Gasteiger partial charge in [-0.1, -0.05) is 59.1 Å². The Hall–Kier alpha value is -0.340. The summed E-state index contributed by atoms with van der Waals surface area (Å²) in [5.41, 5.74) is 1.38. The summed E-state index contributed by atoms with van der Waals surface area (Å²) in [5, 5.41) is 0.965. The van der Waals surface area contributed by atoms with Gasteiger partial charge in [0.1, 0.15) is 0 Å². The SMILES string of the molecule is BrCC1(OCc2ccccc2)CCCC1. The third-order valence-electron chi connectivity index (χ3n) is 3.15. The summed E-state index contributed by atoms with van der Waals surface area (Å²) in [6.45, 7) is 0.742. The fourth-order valence-electron chi connectivity index (χ4n) is 2.15. The molecule has 2 heteroatoms. The van der Waals surface area contributed by atoms with Crippen LogP contribution in [0.2, 0.25) is 0 Å². The highest BCUT2D eigenvalue weighted by Crippen LogP contribution is 2.35. The molecule has 0 aromatic heterocycles. The maximum atomic E-state index is 6.08. The van der Waals surface area contributed by atoms with Gasteiger partial charge in [-0.15, -0.1) is 0 Å². The first-order chi connectivity index (χ1) is 7.35. The number of hydrogen-bond donors (Lipinski definition) is 0. The summed E-state index contributed by atoms with van der Waals surface area (Å²) in [6.07, 6.45) is 5.01. The number of rotatable bonds is 4. The standard InChI is InChI=1S/C13H17BrO/c14-11-13(8-4-5-9-13)15-10-12-6-2-1-3-7-12/h1-3,6-7H,4-5,8-11H2. The molecule has 1 nitrogen and oxygen atoms in total. The van der Waals surface area contributed by atoms with Crippen molar-refractivity contribution < 1.29 is 4.74 Å². The van der Waals surface area contributed by atoms with Crippen molar-refractivity contribution in [2.45, 2.75) is 37.9 Å². The first-order valence-electron chi connectivity index (χ1n) is 5.58. The van der Waals surface area contributed by atoms with Gasteiger partial charge in [-0.05, 0) is 18.4 Å². The highest BCUT2D eigenvalue weighted by Gasteiger charge is 2.33. The van der Waals surface area contributed by atoms with E-state index in [0.29, 0.717) is 0 Å². The zero-order valence-corrected chi connectivity index (χ0v) is 10.5. The van der Waals surface area contributed by atoms with Gasteiger partial charge < -0.3 is 4.74 Å². The summed E-state index contributed by atoms with van der Waals surface area (Å²) in [6, 6.07) is 10.4. The normalized spacial score (nSPS) is 19.3. The van der Waals surface area contributed by atoms with Crippen LogP contribution >= 0.6 is 15.9 Å². The van der Waals surface area contributed by atoms with E-state index >= 15 is 0 Å². The molecule has 1 aliphatic carbocycles. The van der Waals surface area contributed by atoms with Crippen molar-refractivity contribution in [1.82, 2.24) is 0 Å². The molecule has 0 bridgehead atoms. The van der Waals surface area contributed by atoms with E-state index in [2.05, 4.69) is 40.2 Å². The van der Waals surface area contributed by atoms with Gasteiger partial charge in [-0.25, -0.2) is 0 Å². The molecule has 0 amide bonds. The molecule has 82 valence electrons. The second kappa shape index (κ2) is 5.13. The molecule has 0 N–H and O–H groups in total. The van der Waals surface area contributed by atoms with E-state index in [1.807, 2.05) is 6.07 Å². The molecule has 0 saturated heterocycles. The number of halogens is 1. The quantitative estimate of drug-likeness (QED) is 0.753. The topological polar surface area (TPSA) is 9.23 Å². The van der Waals surface area contributed by atoms with Gasteiger partial charge in [0, 0.05) is 5.33 Å². The molecule has 1 aromatic carbocycles. The monoisotopic (exact) mass is 268 g/mol. The second-order valence-electron chi connectivity index (χ2n) is 4.30. The summed E-state index contributed by atoms with van der Waals surface area (Å²) in [5.74, 6) is 0. The Kier molecular flexibility index (Phi) is 3.81. The zero-order valence-electron chi connectivity index (χ0n) is 8.92. The van der Waals surface area contributed by atoms with E-state index in [0.717, 1.165) is 11.9 Å². The molecular weight excluding hydrogens is 252 g/mol. The molecule has 0 radical (unpaired) electrons. The van der Waals surface area contributed by atoms with Gasteiger partial charge in [0.25, 0.3) is 0 Å². The third-order valence-corrected chi connectivity index (χ3v) is 4.17. The molecule has 0 spiro atoms. The fraction of sp³-hybridized carbons (Fsp3) is 0.538. The van der Waals surface area contributed by atoms with E-state index in [1.165, 1.54) is 31.2 Å². The summed E-state index contributed by atoms with van der Waals surface area (Å²) in [4.78, 5) is 0. The van der Waals surface area contributed by atoms with Crippen molar-refractivity contribution in [3.05, 3.63) is 35.9 Å². The zero-order chi connectivity index (χ0) is 10.6. The van der Waals surface area contributed by atoms with Crippen molar-refractivity contribution in [2.75, 3.05) is 5.33 Å². The molecular formula is C13H17BrO. The van der Waals surface area contributed by atoms with Crippen LogP contribution in [0.3, 0.4) is 0 Å². The van der Waals surface area contributed by atoms with Gasteiger partial charge in [0.05, 0.1) is 12.2 Å². The first kappa shape index (κ1) is 11.2. The van der Waals surface area contributed by atoms with Crippen LogP contribution in [-0.2, 0) is 11.3 Å². The molecule has 15 heavy (non-hydrogen) atoms. The lowest BCUT2D eigenvalue weighted by atomic mass is 10.1. The van der Waals surface area contributed by atoms with Crippen molar-refractivity contribution >= 4 is 15.9 Å². The summed E-state index contributed by atoms with van der Waals surface area (Å²) < 4.78 is 6.08. The number of hydrogen-bond acceptors (Lipinski definition) is 1. The predicted molar refractivity (Wildman–Crippen MR) is 66.2 cm³/mol. The predicted octanol–water partition coefficient (Wildman–Crippen LogP) is 3.91. The second-order valence-corrected chi connectivity index (χ2v) is 4.86. The van der Waals surface area contributed by atoms with Crippen LogP contribution in [-0.4, -0.2) is 10.9 Å². The van der Waals surface area contributed by atoms with Crippen LogP contribution in [0.15, 0.2) is 30.3 Å². The number of ether oxygens (including phenoxy) is 1. The van der Waals surface area contributed by atoms with Crippen LogP contribution in [0.25, 0.3) is 0 Å². The van der Waals surface area contributed by atoms with E-state index in [-0.39, 0.29) is 5.60 Å². The fourth-order valence-corrected chi connectivity index (χ4v) is 2.87. The van der Waals surface area contributed by atoms with E-state index in [1.54, 1.807) is 0 Å². The maximum absolute atomic E-state index is 6.08. The van der Waals surface area contributed by atoms with E-state index in [9.17, 15) is 0 Å². The highest BCUT2D eigenvalue weighted by atomic mass is 79.9. The average molecular weight is 269 g/mol. The van der Waals surface area contributed by atoms with Crippen molar-refractivity contribution in [3.63, 3.8) is 0 Å². The van der Waals surface area contributed by atoms with Gasteiger partial charge in [0.15, 0.2) is 0 Å². The lowest BCUT2D eigenvalue weighted by Crippen LogP contribution is -2.30. The minimum Gasteiger partial charge on any atom is -0.369 e. The van der Waals surface area contributed by atoms with Gasteiger partial charge in [-0.2, -0.15) is 0 Å². The summed E-state index contributed by atoms with van der Waals surface area (Å²) >= 11 is 3.58.